The minimum atomic E-state index is -3.80. The van der Waals surface area contributed by atoms with E-state index in [9.17, 15) is 18.0 Å². The third-order valence-corrected chi connectivity index (χ3v) is 6.70. The number of amides is 2. The Morgan fingerprint density at radius 2 is 1.94 bits per heavy atom. The SMILES string of the molecule is C#CCN(NC(=O)[C@H](CC(C)C)[C@H](CC=Cc1ccccc1)C(=O)NOC1CCCCO1)S(C)(=O)=O. The lowest BCUT2D eigenvalue weighted by Crippen LogP contribution is -2.51. The number of allylic oxidation sites excluding steroid dienone is 1. The summed E-state index contributed by atoms with van der Waals surface area (Å²) >= 11 is 0. The van der Waals surface area contributed by atoms with Crippen molar-refractivity contribution >= 4 is 27.9 Å². The van der Waals surface area contributed by atoms with Crippen LogP contribution in [0.25, 0.3) is 6.08 Å². The summed E-state index contributed by atoms with van der Waals surface area (Å²) in [6.45, 7) is 4.08. The molecule has 9 nitrogen and oxygen atoms in total. The number of nitrogens with one attached hydrogen (secondary N) is 2. The van der Waals surface area contributed by atoms with Gasteiger partial charge in [0.05, 0.1) is 24.6 Å². The molecule has 0 radical (unpaired) electrons. The van der Waals surface area contributed by atoms with E-state index in [-0.39, 0.29) is 18.9 Å². The number of hydrogen-bond acceptors (Lipinski definition) is 6. The molecule has 2 rings (SSSR count). The van der Waals surface area contributed by atoms with Gasteiger partial charge in [-0.2, -0.15) is 0 Å². The molecule has 1 unspecified atom stereocenters. The number of carbonyl (C=O) groups is 2. The second-order valence-electron chi connectivity index (χ2n) is 9.22. The average molecular weight is 520 g/mol. The number of hydrogen-bond donors (Lipinski definition) is 2. The summed E-state index contributed by atoms with van der Waals surface area (Å²) in [6, 6.07) is 9.57. The quantitative estimate of drug-likeness (QED) is 0.306. The van der Waals surface area contributed by atoms with E-state index < -0.39 is 40.0 Å². The molecular weight excluding hydrogens is 482 g/mol. The highest BCUT2D eigenvalue weighted by Gasteiger charge is 2.36. The Hall–Kier alpha value is -2.71. The second kappa shape index (κ2) is 14.8. The maximum Gasteiger partial charge on any atom is 0.247 e. The molecule has 1 aromatic carbocycles. The topological polar surface area (TPSA) is 114 Å². The van der Waals surface area contributed by atoms with Crippen LogP contribution in [-0.4, -0.2) is 50.3 Å². The fraction of sp³-hybridized carbons (Fsp3) is 0.538. The lowest BCUT2D eigenvalue weighted by molar-refractivity contribution is -0.203. The van der Waals surface area contributed by atoms with Gasteiger partial charge in [-0.15, -0.1) is 10.8 Å². The molecule has 10 heteroatoms. The summed E-state index contributed by atoms with van der Waals surface area (Å²) in [4.78, 5) is 32.1. The maximum atomic E-state index is 13.3. The van der Waals surface area contributed by atoms with Crippen molar-refractivity contribution in [2.75, 3.05) is 19.4 Å². The summed E-state index contributed by atoms with van der Waals surface area (Å²) < 4.78 is 30.4. The molecule has 36 heavy (non-hydrogen) atoms. The van der Waals surface area contributed by atoms with Crippen LogP contribution in [0.3, 0.4) is 0 Å². The van der Waals surface area contributed by atoms with Gasteiger partial charge in [-0.1, -0.05) is 62.3 Å². The normalized spacial score (nSPS) is 18.1. The van der Waals surface area contributed by atoms with Crippen molar-refractivity contribution in [1.29, 1.82) is 0 Å². The zero-order chi connectivity index (χ0) is 26.6. The van der Waals surface area contributed by atoms with E-state index in [1.54, 1.807) is 0 Å². The van der Waals surface area contributed by atoms with Gasteiger partial charge in [0.25, 0.3) is 0 Å². The van der Waals surface area contributed by atoms with Crippen molar-refractivity contribution in [2.45, 2.75) is 52.2 Å². The first-order chi connectivity index (χ1) is 17.1. The summed E-state index contributed by atoms with van der Waals surface area (Å²) in [5.74, 6) is -0.480. The van der Waals surface area contributed by atoms with E-state index in [1.807, 2.05) is 56.3 Å². The first kappa shape index (κ1) is 29.5. The Bertz CT molecular complexity index is 1010. The zero-order valence-corrected chi connectivity index (χ0v) is 22.0. The van der Waals surface area contributed by atoms with Crippen LogP contribution in [0.2, 0.25) is 0 Å². The van der Waals surface area contributed by atoms with Gasteiger partial charge in [0.1, 0.15) is 0 Å². The van der Waals surface area contributed by atoms with Gasteiger partial charge in [-0.3, -0.25) is 15.0 Å². The van der Waals surface area contributed by atoms with Gasteiger partial charge < -0.3 is 4.74 Å². The van der Waals surface area contributed by atoms with Gasteiger partial charge in [0.15, 0.2) is 6.29 Å². The van der Waals surface area contributed by atoms with Crippen LogP contribution in [0.4, 0.5) is 0 Å². The number of benzene rings is 1. The van der Waals surface area contributed by atoms with Crippen LogP contribution in [0, 0.1) is 30.1 Å². The van der Waals surface area contributed by atoms with Crippen LogP contribution in [0.5, 0.6) is 0 Å². The van der Waals surface area contributed by atoms with Gasteiger partial charge in [-0.05, 0) is 37.2 Å². The molecule has 2 amide bonds. The van der Waals surface area contributed by atoms with Crippen LogP contribution in [-0.2, 0) is 29.2 Å². The number of nitrogens with zero attached hydrogens (tertiary/aromatic N) is 1. The molecule has 3 atom stereocenters. The fourth-order valence-corrected chi connectivity index (χ4v) is 4.43. The third kappa shape index (κ3) is 10.1. The standard InChI is InChI=1S/C26H37N3O6S/c1-5-17-29(36(4,32)33)27-25(30)23(19-20(2)3)22(15-11-14-21-12-7-6-8-13-21)26(31)28-35-24-16-9-10-18-34-24/h1,6-8,11-14,20,22-24H,9-10,15-19H2,2-4H3,(H,27,30)(H,28,31)/t22-,23+,24?/m0/s1. The molecule has 0 spiro atoms. The summed E-state index contributed by atoms with van der Waals surface area (Å²) in [7, 11) is -3.80. The Labute approximate surface area is 214 Å². The third-order valence-electron chi connectivity index (χ3n) is 5.68. The lowest BCUT2D eigenvalue weighted by atomic mass is 9.82. The molecular formula is C26H37N3O6S. The molecule has 1 saturated heterocycles. The van der Waals surface area contributed by atoms with Crippen molar-refractivity contribution < 1.29 is 27.6 Å². The van der Waals surface area contributed by atoms with Gasteiger partial charge in [-0.25, -0.2) is 18.7 Å². The highest BCUT2D eigenvalue weighted by Crippen LogP contribution is 2.26. The monoisotopic (exact) mass is 519 g/mol. The second-order valence-corrected chi connectivity index (χ2v) is 11.1. The first-order valence-electron chi connectivity index (χ1n) is 12.1. The minimum absolute atomic E-state index is 0.0519. The Morgan fingerprint density at radius 1 is 1.22 bits per heavy atom. The van der Waals surface area contributed by atoms with E-state index in [1.165, 1.54) is 0 Å². The molecule has 0 aromatic heterocycles. The van der Waals surface area contributed by atoms with Gasteiger partial charge >= 0.3 is 0 Å². The lowest BCUT2D eigenvalue weighted by Gasteiger charge is -2.29. The molecule has 0 bridgehead atoms. The van der Waals surface area contributed by atoms with Crippen molar-refractivity contribution in [3.63, 3.8) is 0 Å². The number of terminal acetylenes is 1. The summed E-state index contributed by atoms with van der Waals surface area (Å²) in [5.41, 5.74) is 5.83. The van der Waals surface area contributed by atoms with Crippen molar-refractivity contribution in [3.8, 4) is 12.3 Å². The summed E-state index contributed by atoms with van der Waals surface area (Å²) in [5, 5.41) is 0. The Kier molecular flexibility index (Phi) is 12.1. The highest BCUT2D eigenvalue weighted by atomic mass is 32.2. The van der Waals surface area contributed by atoms with Crippen molar-refractivity contribution in [2.24, 2.45) is 17.8 Å². The molecule has 1 fully saturated rings. The Balaban J connectivity index is 2.27. The predicted molar refractivity (Wildman–Crippen MR) is 138 cm³/mol. The van der Waals surface area contributed by atoms with E-state index in [4.69, 9.17) is 16.0 Å². The largest absolute Gasteiger partial charge is 0.350 e. The Morgan fingerprint density at radius 3 is 2.53 bits per heavy atom. The average Bonchev–Trinajstić information content (AvgIpc) is 2.84. The van der Waals surface area contributed by atoms with E-state index >= 15 is 0 Å². The van der Waals surface area contributed by atoms with Crippen LogP contribution in [0.15, 0.2) is 36.4 Å². The molecule has 0 aliphatic carbocycles. The molecule has 198 valence electrons. The highest BCUT2D eigenvalue weighted by molar-refractivity contribution is 7.88. The molecule has 0 saturated carbocycles. The fourth-order valence-electron chi connectivity index (χ4n) is 3.86. The number of rotatable bonds is 13. The van der Waals surface area contributed by atoms with Crippen LogP contribution >= 0.6 is 0 Å². The minimum Gasteiger partial charge on any atom is -0.350 e. The van der Waals surface area contributed by atoms with Gasteiger partial charge in [0.2, 0.25) is 21.8 Å². The van der Waals surface area contributed by atoms with E-state index in [2.05, 4.69) is 16.8 Å². The number of hydrazine groups is 1. The molecule has 2 N–H and O–H groups in total. The zero-order valence-electron chi connectivity index (χ0n) is 21.2. The van der Waals surface area contributed by atoms with Crippen LogP contribution in [0.1, 0.15) is 51.5 Å². The first-order valence-corrected chi connectivity index (χ1v) is 14.0. The van der Waals surface area contributed by atoms with Gasteiger partial charge in [0, 0.05) is 13.0 Å². The number of hydroxylamine groups is 1. The van der Waals surface area contributed by atoms with E-state index in [0.29, 0.717) is 23.9 Å². The number of carbonyl (C=O) groups excluding carboxylic acids is 2. The number of ether oxygens (including phenoxy) is 1. The molecule has 1 heterocycles. The van der Waals surface area contributed by atoms with E-state index in [0.717, 1.165) is 24.7 Å². The predicted octanol–water partition coefficient (Wildman–Crippen LogP) is 2.87. The smallest absolute Gasteiger partial charge is 0.247 e. The number of sulfonamides is 1. The molecule has 1 aromatic rings. The molecule has 1 aliphatic rings. The summed E-state index contributed by atoms with van der Waals surface area (Å²) in [6.07, 6.45) is 12.5. The maximum absolute atomic E-state index is 13.3. The van der Waals surface area contributed by atoms with Crippen molar-refractivity contribution in [1.82, 2.24) is 15.3 Å². The molecule has 1 aliphatic heterocycles. The van der Waals surface area contributed by atoms with Crippen molar-refractivity contribution in [3.05, 3.63) is 42.0 Å². The van der Waals surface area contributed by atoms with Crippen LogP contribution < -0.4 is 10.9 Å².